The second kappa shape index (κ2) is 10.5. The molecule has 0 radical (unpaired) electrons. The van der Waals surface area contributed by atoms with Crippen LogP contribution in [0.15, 0.2) is 47.4 Å². The number of hydrogen-bond acceptors (Lipinski definition) is 6. The van der Waals surface area contributed by atoms with Crippen LogP contribution in [0.2, 0.25) is 0 Å². The Morgan fingerprint density at radius 2 is 1.81 bits per heavy atom. The molecule has 0 spiro atoms. The standard InChI is InChI=1S/C19H21NO5S/c1-24-18(22)7-4-10-20-17(21)12-25-19(23)13-26-16-9-8-14-5-2-3-6-15(14)11-16/h2-3,5-6,8-9,11H,4,7,10,12-13H2,1H3,(H,20,21). The smallest absolute Gasteiger partial charge is 0.316 e. The summed E-state index contributed by atoms with van der Waals surface area (Å²) in [6.07, 6.45) is 0.711. The molecule has 6 nitrogen and oxygen atoms in total. The van der Waals surface area contributed by atoms with E-state index in [1.54, 1.807) is 0 Å². The van der Waals surface area contributed by atoms with Gasteiger partial charge in [-0.15, -0.1) is 11.8 Å². The van der Waals surface area contributed by atoms with Crippen molar-refractivity contribution in [1.82, 2.24) is 5.32 Å². The number of esters is 2. The molecule has 0 fully saturated rings. The molecule has 26 heavy (non-hydrogen) atoms. The van der Waals surface area contributed by atoms with Crippen LogP contribution in [0.5, 0.6) is 0 Å². The summed E-state index contributed by atoms with van der Waals surface area (Å²) in [6, 6.07) is 14.0. The number of rotatable bonds is 9. The average molecular weight is 375 g/mol. The Labute approximate surface area is 156 Å². The van der Waals surface area contributed by atoms with Crippen LogP contribution >= 0.6 is 11.8 Å². The first-order valence-electron chi connectivity index (χ1n) is 8.19. The zero-order chi connectivity index (χ0) is 18.8. The van der Waals surface area contributed by atoms with Crippen molar-refractivity contribution < 1.29 is 23.9 Å². The lowest BCUT2D eigenvalue weighted by molar-refractivity contribution is -0.145. The van der Waals surface area contributed by atoms with E-state index in [9.17, 15) is 14.4 Å². The maximum Gasteiger partial charge on any atom is 0.316 e. The summed E-state index contributed by atoms with van der Waals surface area (Å²) in [6.45, 7) is 0.00661. The lowest BCUT2D eigenvalue weighted by atomic mass is 10.1. The highest BCUT2D eigenvalue weighted by Crippen LogP contribution is 2.23. The molecular weight excluding hydrogens is 354 g/mol. The van der Waals surface area contributed by atoms with E-state index in [1.165, 1.54) is 18.9 Å². The van der Waals surface area contributed by atoms with Crippen LogP contribution in [-0.4, -0.2) is 43.9 Å². The molecule has 0 saturated heterocycles. The Hall–Kier alpha value is -2.54. The third-order valence-corrected chi connectivity index (χ3v) is 4.52. The molecule has 0 unspecified atom stereocenters. The first-order chi connectivity index (χ1) is 12.6. The molecule has 2 aromatic rings. The maximum atomic E-state index is 11.8. The van der Waals surface area contributed by atoms with E-state index in [-0.39, 0.29) is 30.7 Å². The molecule has 138 valence electrons. The SMILES string of the molecule is COC(=O)CCCNC(=O)COC(=O)CSc1ccc2ccccc2c1. The summed E-state index contributed by atoms with van der Waals surface area (Å²) in [4.78, 5) is 35.2. The van der Waals surface area contributed by atoms with E-state index in [4.69, 9.17) is 4.74 Å². The van der Waals surface area contributed by atoms with Crippen LogP contribution < -0.4 is 5.32 Å². The molecule has 7 heteroatoms. The van der Waals surface area contributed by atoms with Gasteiger partial charge >= 0.3 is 11.9 Å². The Morgan fingerprint density at radius 3 is 2.58 bits per heavy atom. The molecule has 1 N–H and O–H groups in total. The lowest BCUT2D eigenvalue weighted by Gasteiger charge is -2.07. The van der Waals surface area contributed by atoms with Gasteiger partial charge in [-0.1, -0.05) is 30.3 Å². The number of fused-ring (bicyclic) bond motifs is 1. The van der Waals surface area contributed by atoms with Crippen molar-refractivity contribution in [3.63, 3.8) is 0 Å². The first-order valence-corrected chi connectivity index (χ1v) is 9.18. The number of carbonyl (C=O) groups excluding carboxylic acids is 3. The third kappa shape index (κ3) is 6.76. The van der Waals surface area contributed by atoms with Crippen molar-refractivity contribution in [3.8, 4) is 0 Å². The van der Waals surface area contributed by atoms with E-state index in [0.717, 1.165) is 15.7 Å². The van der Waals surface area contributed by atoms with E-state index in [0.29, 0.717) is 13.0 Å². The third-order valence-electron chi connectivity index (χ3n) is 3.55. The highest BCUT2D eigenvalue weighted by molar-refractivity contribution is 8.00. The number of benzene rings is 2. The van der Waals surface area contributed by atoms with Crippen LogP contribution in [0.25, 0.3) is 10.8 Å². The van der Waals surface area contributed by atoms with Crippen LogP contribution in [0, 0.1) is 0 Å². The zero-order valence-corrected chi connectivity index (χ0v) is 15.3. The molecule has 0 saturated carbocycles. The molecule has 2 rings (SSSR count). The van der Waals surface area contributed by atoms with Gasteiger partial charge in [0.2, 0.25) is 0 Å². The second-order valence-corrected chi connectivity index (χ2v) is 6.54. The van der Waals surface area contributed by atoms with Gasteiger partial charge in [-0.2, -0.15) is 0 Å². The van der Waals surface area contributed by atoms with Gasteiger partial charge in [0.25, 0.3) is 5.91 Å². The van der Waals surface area contributed by atoms with Gasteiger partial charge < -0.3 is 14.8 Å². The Kier molecular flexibility index (Phi) is 7.95. The van der Waals surface area contributed by atoms with Gasteiger partial charge in [0.1, 0.15) is 0 Å². The summed E-state index contributed by atoms with van der Waals surface area (Å²) in [5, 5.41) is 4.83. The van der Waals surface area contributed by atoms with E-state index in [1.807, 2.05) is 42.5 Å². The fraction of sp³-hybridized carbons (Fsp3) is 0.316. The normalized spacial score (nSPS) is 10.3. The minimum absolute atomic E-state index is 0.133. The van der Waals surface area contributed by atoms with Crippen molar-refractivity contribution in [2.75, 3.05) is 26.0 Å². The van der Waals surface area contributed by atoms with Crippen LogP contribution in [0.3, 0.4) is 0 Å². The van der Waals surface area contributed by atoms with E-state index in [2.05, 4.69) is 10.1 Å². The molecule has 2 aromatic carbocycles. The lowest BCUT2D eigenvalue weighted by Crippen LogP contribution is -2.30. The summed E-state index contributed by atoms with van der Waals surface area (Å²) in [5.41, 5.74) is 0. The molecule has 0 atom stereocenters. The van der Waals surface area contributed by atoms with Crippen molar-refractivity contribution in [3.05, 3.63) is 42.5 Å². The van der Waals surface area contributed by atoms with Gasteiger partial charge in [0.05, 0.1) is 12.9 Å². The molecule has 0 heterocycles. The number of ether oxygens (including phenoxy) is 2. The molecule has 0 aromatic heterocycles. The second-order valence-electron chi connectivity index (χ2n) is 5.49. The summed E-state index contributed by atoms with van der Waals surface area (Å²) in [5.74, 6) is -1.03. The summed E-state index contributed by atoms with van der Waals surface area (Å²) in [7, 11) is 1.32. The minimum Gasteiger partial charge on any atom is -0.469 e. The largest absolute Gasteiger partial charge is 0.469 e. The predicted molar refractivity (Wildman–Crippen MR) is 99.9 cm³/mol. The zero-order valence-electron chi connectivity index (χ0n) is 14.5. The highest BCUT2D eigenvalue weighted by Gasteiger charge is 2.09. The number of amides is 1. The predicted octanol–water partition coefficient (Wildman–Crippen LogP) is 2.54. The maximum absolute atomic E-state index is 11.8. The van der Waals surface area contributed by atoms with Crippen molar-refractivity contribution >= 4 is 40.4 Å². The van der Waals surface area contributed by atoms with Crippen molar-refractivity contribution in [2.45, 2.75) is 17.7 Å². The fourth-order valence-electron chi connectivity index (χ4n) is 2.20. The van der Waals surface area contributed by atoms with Crippen molar-refractivity contribution in [1.29, 1.82) is 0 Å². The topological polar surface area (TPSA) is 81.7 Å². The minimum atomic E-state index is -0.451. The van der Waals surface area contributed by atoms with Crippen LogP contribution in [-0.2, 0) is 23.9 Å². The number of methoxy groups -OCH3 is 1. The van der Waals surface area contributed by atoms with Gasteiger partial charge in [0.15, 0.2) is 6.61 Å². The molecule has 0 aliphatic rings. The van der Waals surface area contributed by atoms with Gasteiger partial charge in [-0.25, -0.2) is 0 Å². The van der Waals surface area contributed by atoms with Crippen molar-refractivity contribution in [2.24, 2.45) is 0 Å². The monoisotopic (exact) mass is 375 g/mol. The van der Waals surface area contributed by atoms with Gasteiger partial charge in [0, 0.05) is 17.9 Å². The Bertz CT molecular complexity index is 777. The quantitative estimate of drug-likeness (QED) is 0.412. The van der Waals surface area contributed by atoms with E-state index < -0.39 is 5.97 Å². The first kappa shape index (κ1) is 19.8. The Morgan fingerprint density at radius 1 is 1.04 bits per heavy atom. The number of nitrogens with one attached hydrogen (secondary N) is 1. The van der Waals surface area contributed by atoms with Gasteiger partial charge in [-0.05, 0) is 29.3 Å². The summed E-state index contributed by atoms with van der Waals surface area (Å²) >= 11 is 1.36. The Balaban J connectivity index is 1.65. The van der Waals surface area contributed by atoms with E-state index >= 15 is 0 Å². The number of hydrogen-bond donors (Lipinski definition) is 1. The highest BCUT2D eigenvalue weighted by atomic mass is 32.2. The molecule has 1 amide bonds. The molecule has 0 bridgehead atoms. The van der Waals surface area contributed by atoms with Crippen LogP contribution in [0.1, 0.15) is 12.8 Å². The average Bonchev–Trinajstić information content (AvgIpc) is 2.67. The fourth-order valence-corrected chi connectivity index (χ4v) is 2.94. The molecular formula is C19H21NO5S. The number of carbonyl (C=O) groups is 3. The van der Waals surface area contributed by atoms with Gasteiger partial charge in [-0.3, -0.25) is 14.4 Å². The summed E-state index contributed by atoms with van der Waals surface area (Å²) < 4.78 is 9.45. The number of thioether (sulfide) groups is 1. The van der Waals surface area contributed by atoms with Crippen LogP contribution in [0.4, 0.5) is 0 Å². The molecule has 0 aliphatic heterocycles. The molecule has 0 aliphatic carbocycles.